The minimum absolute atomic E-state index is 0.0321. The van der Waals surface area contributed by atoms with Crippen molar-refractivity contribution in [1.82, 2.24) is 15.2 Å². The second kappa shape index (κ2) is 7.74. The fraction of sp³-hybridized carbons (Fsp3) is 0.421. The SMILES string of the molecule is O=C1CCCN1c1nc(CC(=O)N2CCNCC2c2cccc(F)c2)cs1. The van der Waals surface area contributed by atoms with Gasteiger partial charge in [-0.1, -0.05) is 12.1 Å². The van der Waals surface area contributed by atoms with Crippen LogP contribution in [0.25, 0.3) is 0 Å². The van der Waals surface area contributed by atoms with E-state index in [4.69, 9.17) is 0 Å². The van der Waals surface area contributed by atoms with Gasteiger partial charge >= 0.3 is 0 Å². The number of thiazole rings is 1. The smallest absolute Gasteiger partial charge is 0.229 e. The highest BCUT2D eigenvalue weighted by Crippen LogP contribution is 2.27. The molecule has 0 aliphatic carbocycles. The molecular formula is C19H21FN4O2S. The van der Waals surface area contributed by atoms with Crippen molar-refractivity contribution in [2.45, 2.75) is 25.3 Å². The fourth-order valence-electron chi connectivity index (χ4n) is 3.62. The van der Waals surface area contributed by atoms with E-state index in [1.165, 1.54) is 23.5 Å². The molecule has 2 aliphatic rings. The average Bonchev–Trinajstić information content (AvgIpc) is 3.30. The lowest BCUT2D eigenvalue weighted by Gasteiger charge is -2.36. The Labute approximate surface area is 161 Å². The predicted octanol–water partition coefficient (Wildman–Crippen LogP) is 2.12. The number of benzene rings is 1. The Morgan fingerprint density at radius 1 is 1.37 bits per heavy atom. The maximum Gasteiger partial charge on any atom is 0.229 e. The summed E-state index contributed by atoms with van der Waals surface area (Å²) in [5, 5.41) is 5.79. The normalized spacial score (nSPS) is 20.3. The zero-order valence-corrected chi connectivity index (χ0v) is 15.7. The van der Waals surface area contributed by atoms with Crippen LogP contribution in [0.3, 0.4) is 0 Å². The molecule has 27 heavy (non-hydrogen) atoms. The average molecular weight is 388 g/mol. The molecule has 2 saturated heterocycles. The standard InChI is InChI=1S/C19H21FN4O2S/c20-14-4-1-3-13(9-14)16-11-21-6-8-23(16)18(26)10-15-12-27-19(22-15)24-7-2-5-17(24)25/h1,3-4,9,12,16,21H,2,5-8,10-11H2. The summed E-state index contributed by atoms with van der Waals surface area (Å²) in [7, 11) is 0. The number of amides is 2. The van der Waals surface area contributed by atoms with E-state index in [9.17, 15) is 14.0 Å². The molecule has 2 fully saturated rings. The number of piperazine rings is 1. The van der Waals surface area contributed by atoms with E-state index in [0.717, 1.165) is 12.0 Å². The molecule has 1 unspecified atom stereocenters. The molecule has 0 saturated carbocycles. The number of anilines is 1. The Morgan fingerprint density at radius 3 is 3.04 bits per heavy atom. The first-order valence-electron chi connectivity index (χ1n) is 9.12. The molecule has 8 heteroatoms. The molecule has 1 N–H and O–H groups in total. The molecule has 0 radical (unpaired) electrons. The maximum atomic E-state index is 13.6. The van der Waals surface area contributed by atoms with Crippen LogP contribution in [0.15, 0.2) is 29.6 Å². The monoisotopic (exact) mass is 388 g/mol. The van der Waals surface area contributed by atoms with Gasteiger partial charge in [-0.05, 0) is 24.1 Å². The molecule has 1 aromatic carbocycles. The number of nitrogens with one attached hydrogen (secondary N) is 1. The fourth-order valence-corrected chi connectivity index (χ4v) is 4.49. The Morgan fingerprint density at radius 2 is 2.26 bits per heavy atom. The van der Waals surface area contributed by atoms with Crippen molar-refractivity contribution in [3.05, 3.63) is 46.7 Å². The molecule has 0 bridgehead atoms. The van der Waals surface area contributed by atoms with Gasteiger partial charge in [0.25, 0.3) is 0 Å². The van der Waals surface area contributed by atoms with Crippen LogP contribution >= 0.6 is 11.3 Å². The summed E-state index contributed by atoms with van der Waals surface area (Å²) in [5.41, 5.74) is 1.47. The number of rotatable bonds is 4. The second-order valence-corrected chi connectivity index (χ2v) is 7.65. The van der Waals surface area contributed by atoms with E-state index in [1.807, 2.05) is 11.4 Å². The zero-order valence-electron chi connectivity index (χ0n) is 14.9. The van der Waals surface area contributed by atoms with Gasteiger partial charge in [0.1, 0.15) is 5.82 Å². The lowest BCUT2D eigenvalue weighted by Crippen LogP contribution is -2.49. The van der Waals surface area contributed by atoms with Crippen molar-refractivity contribution in [2.75, 3.05) is 31.1 Å². The van der Waals surface area contributed by atoms with Crippen LogP contribution in [0.2, 0.25) is 0 Å². The topological polar surface area (TPSA) is 65.5 Å². The predicted molar refractivity (Wildman–Crippen MR) is 101 cm³/mol. The van der Waals surface area contributed by atoms with Gasteiger partial charge in [0.15, 0.2) is 5.13 Å². The van der Waals surface area contributed by atoms with E-state index in [1.54, 1.807) is 15.9 Å². The Balaban J connectivity index is 1.48. The molecule has 3 heterocycles. The molecule has 1 aromatic heterocycles. The largest absolute Gasteiger partial charge is 0.333 e. The molecule has 0 spiro atoms. The number of carbonyl (C=O) groups excluding carboxylic acids is 2. The van der Waals surface area contributed by atoms with E-state index in [0.29, 0.717) is 43.4 Å². The summed E-state index contributed by atoms with van der Waals surface area (Å²) in [6.07, 6.45) is 1.59. The molecule has 6 nitrogen and oxygen atoms in total. The Kier molecular flexibility index (Phi) is 5.18. The first kappa shape index (κ1) is 18.1. The van der Waals surface area contributed by atoms with Gasteiger partial charge in [0.2, 0.25) is 11.8 Å². The highest BCUT2D eigenvalue weighted by atomic mass is 32.1. The zero-order chi connectivity index (χ0) is 18.8. The number of hydrogen-bond donors (Lipinski definition) is 1. The quantitative estimate of drug-likeness (QED) is 0.872. The van der Waals surface area contributed by atoms with Crippen LogP contribution in [0.4, 0.5) is 9.52 Å². The Bertz CT molecular complexity index is 856. The second-order valence-electron chi connectivity index (χ2n) is 6.81. The lowest BCUT2D eigenvalue weighted by atomic mass is 10.0. The van der Waals surface area contributed by atoms with Gasteiger partial charge in [0, 0.05) is 38.0 Å². The van der Waals surface area contributed by atoms with Crippen molar-refractivity contribution >= 4 is 28.3 Å². The van der Waals surface area contributed by atoms with Gasteiger partial charge in [-0.2, -0.15) is 0 Å². The number of hydrogen-bond acceptors (Lipinski definition) is 5. The van der Waals surface area contributed by atoms with Crippen molar-refractivity contribution in [3.63, 3.8) is 0 Å². The van der Waals surface area contributed by atoms with E-state index in [-0.39, 0.29) is 30.1 Å². The van der Waals surface area contributed by atoms with Crippen molar-refractivity contribution in [2.24, 2.45) is 0 Å². The van der Waals surface area contributed by atoms with Crippen LogP contribution in [0.5, 0.6) is 0 Å². The number of carbonyl (C=O) groups is 2. The minimum Gasteiger partial charge on any atom is -0.333 e. The Hall–Kier alpha value is -2.32. The first-order valence-corrected chi connectivity index (χ1v) is 10.0. The molecule has 142 valence electrons. The maximum absolute atomic E-state index is 13.6. The third kappa shape index (κ3) is 3.86. The lowest BCUT2D eigenvalue weighted by molar-refractivity contribution is -0.133. The summed E-state index contributed by atoms with van der Waals surface area (Å²) in [6, 6.07) is 6.21. The summed E-state index contributed by atoms with van der Waals surface area (Å²) < 4.78 is 13.6. The van der Waals surface area contributed by atoms with Crippen molar-refractivity contribution < 1.29 is 14.0 Å². The molecule has 2 aliphatic heterocycles. The summed E-state index contributed by atoms with van der Waals surface area (Å²) >= 11 is 1.40. The highest BCUT2D eigenvalue weighted by Gasteiger charge is 2.29. The van der Waals surface area contributed by atoms with Gasteiger partial charge < -0.3 is 10.2 Å². The molecule has 2 aromatic rings. The van der Waals surface area contributed by atoms with Crippen LogP contribution < -0.4 is 10.2 Å². The van der Waals surface area contributed by atoms with Gasteiger partial charge in [-0.3, -0.25) is 14.5 Å². The number of halogens is 1. The van der Waals surface area contributed by atoms with E-state index < -0.39 is 0 Å². The summed E-state index contributed by atoms with van der Waals surface area (Å²) in [4.78, 5) is 32.8. The van der Waals surface area contributed by atoms with Gasteiger partial charge in [-0.25, -0.2) is 9.37 Å². The van der Waals surface area contributed by atoms with Gasteiger partial charge in [0.05, 0.1) is 18.2 Å². The van der Waals surface area contributed by atoms with Gasteiger partial charge in [-0.15, -0.1) is 11.3 Å². The number of nitrogens with zero attached hydrogens (tertiary/aromatic N) is 3. The third-order valence-electron chi connectivity index (χ3n) is 4.97. The van der Waals surface area contributed by atoms with Crippen LogP contribution in [0.1, 0.15) is 30.1 Å². The van der Waals surface area contributed by atoms with Crippen LogP contribution in [-0.2, 0) is 16.0 Å². The molecular weight excluding hydrogens is 367 g/mol. The highest BCUT2D eigenvalue weighted by molar-refractivity contribution is 7.14. The molecule has 2 amide bonds. The van der Waals surface area contributed by atoms with Crippen molar-refractivity contribution in [3.8, 4) is 0 Å². The minimum atomic E-state index is -0.301. The molecule has 1 atom stereocenters. The van der Waals surface area contributed by atoms with Crippen molar-refractivity contribution in [1.29, 1.82) is 0 Å². The number of aromatic nitrogens is 1. The van der Waals surface area contributed by atoms with Crippen LogP contribution in [0, 0.1) is 5.82 Å². The molecule has 4 rings (SSSR count). The third-order valence-corrected chi connectivity index (χ3v) is 5.89. The van der Waals surface area contributed by atoms with E-state index in [2.05, 4.69) is 10.3 Å². The van der Waals surface area contributed by atoms with E-state index >= 15 is 0 Å². The summed E-state index contributed by atoms with van der Waals surface area (Å²) in [5.74, 6) is -0.240. The first-order chi connectivity index (χ1) is 13.1. The summed E-state index contributed by atoms with van der Waals surface area (Å²) in [6.45, 7) is 2.57. The van der Waals surface area contributed by atoms with Crippen LogP contribution in [-0.4, -0.2) is 47.9 Å².